The van der Waals surface area contributed by atoms with E-state index in [4.69, 9.17) is 10.00 Å². The first kappa shape index (κ1) is 16.5. The van der Waals surface area contributed by atoms with E-state index in [1.54, 1.807) is 12.1 Å². The number of nitrogens with one attached hydrogen (secondary N) is 1. The van der Waals surface area contributed by atoms with Crippen molar-refractivity contribution < 1.29 is 13.9 Å². The maximum atomic E-state index is 13.7. The van der Waals surface area contributed by atoms with E-state index in [1.165, 1.54) is 6.07 Å². The number of aryl methyl sites for hydroxylation is 1. The van der Waals surface area contributed by atoms with Crippen LogP contribution in [0.1, 0.15) is 23.1 Å². The average Bonchev–Trinajstić information content (AvgIpc) is 2.58. The van der Waals surface area contributed by atoms with Crippen molar-refractivity contribution in [2.75, 3.05) is 6.54 Å². The molecule has 0 aliphatic carbocycles. The zero-order chi connectivity index (χ0) is 16.5. The second-order valence-corrected chi connectivity index (χ2v) is 5.01. The van der Waals surface area contributed by atoms with Gasteiger partial charge in [0.25, 0.3) is 0 Å². The fraction of sp³-hybridized carbons (Fsp3) is 0.222. The molecule has 0 radical (unpaired) electrons. The molecule has 0 spiro atoms. The van der Waals surface area contributed by atoms with Crippen LogP contribution in [0.15, 0.2) is 48.5 Å². The summed E-state index contributed by atoms with van der Waals surface area (Å²) in [5.41, 5.74) is 1.75. The van der Waals surface area contributed by atoms with Crippen LogP contribution in [0.4, 0.5) is 9.18 Å². The Morgan fingerprint density at radius 2 is 2.00 bits per heavy atom. The van der Waals surface area contributed by atoms with Gasteiger partial charge in [-0.2, -0.15) is 5.26 Å². The molecule has 0 aromatic heterocycles. The second-order valence-electron chi connectivity index (χ2n) is 5.01. The van der Waals surface area contributed by atoms with Crippen molar-refractivity contribution in [3.05, 3.63) is 71.0 Å². The van der Waals surface area contributed by atoms with Crippen LogP contribution in [0.2, 0.25) is 0 Å². The van der Waals surface area contributed by atoms with Crippen molar-refractivity contribution in [2.45, 2.75) is 19.4 Å². The smallest absolute Gasteiger partial charge is 0.407 e. The van der Waals surface area contributed by atoms with Gasteiger partial charge in [-0.05, 0) is 36.1 Å². The van der Waals surface area contributed by atoms with Gasteiger partial charge in [0.05, 0.1) is 11.6 Å². The fourth-order valence-corrected chi connectivity index (χ4v) is 2.06. The maximum Gasteiger partial charge on any atom is 0.407 e. The number of hydrogen-bond donors (Lipinski definition) is 1. The van der Waals surface area contributed by atoms with Crippen LogP contribution >= 0.6 is 0 Å². The van der Waals surface area contributed by atoms with Gasteiger partial charge in [-0.25, -0.2) is 9.18 Å². The van der Waals surface area contributed by atoms with E-state index in [1.807, 2.05) is 36.4 Å². The van der Waals surface area contributed by atoms with E-state index in [9.17, 15) is 9.18 Å². The minimum atomic E-state index is -0.492. The van der Waals surface area contributed by atoms with Gasteiger partial charge >= 0.3 is 6.09 Å². The van der Waals surface area contributed by atoms with Crippen molar-refractivity contribution in [3.8, 4) is 6.07 Å². The molecule has 0 aliphatic heterocycles. The molecule has 5 heteroatoms. The number of halogens is 1. The molecule has 0 saturated heterocycles. The second kappa shape index (κ2) is 8.54. The minimum Gasteiger partial charge on any atom is -0.445 e. The van der Waals surface area contributed by atoms with Crippen LogP contribution in [0.25, 0.3) is 0 Å². The summed E-state index contributed by atoms with van der Waals surface area (Å²) in [6.45, 7) is 0.615. The average molecular weight is 312 g/mol. The summed E-state index contributed by atoms with van der Waals surface area (Å²) in [6, 6.07) is 15.7. The number of ether oxygens (including phenoxy) is 1. The minimum absolute atomic E-state index is 0.219. The third kappa shape index (κ3) is 5.44. The molecule has 2 aromatic rings. The standard InChI is InChI=1S/C18H17FN2O2/c19-17-11-15(12-20)8-9-16(17)7-4-10-21-18(22)23-13-14-5-2-1-3-6-14/h1-3,5-6,8-9,11H,4,7,10,13H2,(H,21,22). The predicted molar refractivity (Wildman–Crippen MR) is 84.1 cm³/mol. The molecule has 2 rings (SSSR count). The van der Waals surface area contributed by atoms with Gasteiger partial charge in [0.1, 0.15) is 12.4 Å². The fourth-order valence-electron chi connectivity index (χ4n) is 2.06. The Bertz CT molecular complexity index is 696. The highest BCUT2D eigenvalue weighted by molar-refractivity contribution is 5.67. The molecule has 0 unspecified atom stereocenters. The summed E-state index contributed by atoms with van der Waals surface area (Å²) in [5.74, 6) is -0.393. The van der Waals surface area contributed by atoms with Crippen LogP contribution in [0, 0.1) is 17.1 Å². The van der Waals surface area contributed by atoms with Crippen molar-refractivity contribution >= 4 is 6.09 Å². The molecule has 1 N–H and O–H groups in total. The summed E-state index contributed by atoms with van der Waals surface area (Å²) < 4.78 is 18.7. The number of amides is 1. The zero-order valence-corrected chi connectivity index (χ0v) is 12.6. The third-order valence-corrected chi connectivity index (χ3v) is 3.29. The maximum absolute atomic E-state index is 13.7. The molecular formula is C18H17FN2O2. The number of hydrogen-bond acceptors (Lipinski definition) is 3. The van der Waals surface area contributed by atoms with Gasteiger partial charge in [0.2, 0.25) is 0 Å². The lowest BCUT2D eigenvalue weighted by molar-refractivity contribution is 0.139. The predicted octanol–water partition coefficient (Wildman–Crippen LogP) is 3.56. The van der Waals surface area contributed by atoms with Gasteiger partial charge in [0.15, 0.2) is 0 Å². The quantitative estimate of drug-likeness (QED) is 0.830. The summed E-state index contributed by atoms with van der Waals surface area (Å²) in [5, 5.41) is 11.3. The largest absolute Gasteiger partial charge is 0.445 e. The molecule has 23 heavy (non-hydrogen) atoms. The number of carbonyl (C=O) groups is 1. The first-order valence-corrected chi connectivity index (χ1v) is 7.32. The Morgan fingerprint density at radius 3 is 2.70 bits per heavy atom. The van der Waals surface area contributed by atoms with Gasteiger partial charge in [-0.1, -0.05) is 36.4 Å². The van der Waals surface area contributed by atoms with Gasteiger partial charge in [0, 0.05) is 6.54 Å². The van der Waals surface area contributed by atoms with Crippen LogP contribution in [-0.2, 0) is 17.8 Å². The topological polar surface area (TPSA) is 62.1 Å². The van der Waals surface area contributed by atoms with Crippen molar-refractivity contribution in [3.63, 3.8) is 0 Å². The first-order valence-electron chi connectivity index (χ1n) is 7.32. The van der Waals surface area contributed by atoms with E-state index in [2.05, 4.69) is 5.32 Å². The Hall–Kier alpha value is -2.87. The Morgan fingerprint density at radius 1 is 1.22 bits per heavy atom. The normalized spacial score (nSPS) is 9.91. The van der Waals surface area contributed by atoms with Crippen LogP contribution in [0.3, 0.4) is 0 Å². The third-order valence-electron chi connectivity index (χ3n) is 3.29. The zero-order valence-electron chi connectivity index (χ0n) is 12.6. The molecular weight excluding hydrogens is 295 g/mol. The molecule has 4 nitrogen and oxygen atoms in total. The van der Waals surface area contributed by atoms with Gasteiger partial charge in [-0.15, -0.1) is 0 Å². The van der Waals surface area contributed by atoms with E-state index in [0.717, 1.165) is 5.56 Å². The van der Waals surface area contributed by atoms with Crippen molar-refractivity contribution in [1.82, 2.24) is 5.32 Å². The molecule has 2 aromatic carbocycles. The summed E-state index contributed by atoms with van der Waals surface area (Å²) >= 11 is 0. The Balaban J connectivity index is 1.67. The highest BCUT2D eigenvalue weighted by atomic mass is 19.1. The number of benzene rings is 2. The van der Waals surface area contributed by atoms with Crippen LogP contribution in [0.5, 0.6) is 0 Å². The van der Waals surface area contributed by atoms with Gasteiger partial charge in [-0.3, -0.25) is 0 Å². The van der Waals surface area contributed by atoms with Crippen molar-refractivity contribution in [2.24, 2.45) is 0 Å². The number of nitrogens with zero attached hydrogens (tertiary/aromatic N) is 1. The van der Waals surface area contributed by atoms with Gasteiger partial charge < -0.3 is 10.1 Å². The highest BCUT2D eigenvalue weighted by Gasteiger charge is 2.05. The van der Waals surface area contributed by atoms with E-state index >= 15 is 0 Å². The lowest BCUT2D eigenvalue weighted by atomic mass is 10.1. The number of alkyl carbamates (subject to hydrolysis) is 1. The lowest BCUT2D eigenvalue weighted by Crippen LogP contribution is -2.25. The monoisotopic (exact) mass is 312 g/mol. The molecule has 0 bridgehead atoms. The van der Waals surface area contributed by atoms with E-state index < -0.39 is 11.9 Å². The van der Waals surface area contributed by atoms with Crippen LogP contribution < -0.4 is 5.32 Å². The number of rotatable bonds is 6. The number of carbonyl (C=O) groups excluding carboxylic acids is 1. The molecule has 118 valence electrons. The molecule has 0 aliphatic rings. The first-order chi connectivity index (χ1) is 11.2. The molecule has 0 heterocycles. The summed E-state index contributed by atoms with van der Waals surface area (Å²) in [4.78, 5) is 11.5. The molecule has 0 saturated carbocycles. The van der Waals surface area contributed by atoms with E-state index in [0.29, 0.717) is 30.5 Å². The van der Waals surface area contributed by atoms with Crippen molar-refractivity contribution in [1.29, 1.82) is 5.26 Å². The lowest BCUT2D eigenvalue weighted by Gasteiger charge is -2.07. The Labute approximate surface area is 134 Å². The molecule has 0 fully saturated rings. The van der Waals surface area contributed by atoms with E-state index in [-0.39, 0.29) is 6.61 Å². The van der Waals surface area contributed by atoms with Crippen LogP contribution in [-0.4, -0.2) is 12.6 Å². The Kier molecular flexibility index (Phi) is 6.13. The summed E-state index contributed by atoms with van der Waals surface area (Å²) in [6.07, 6.45) is 0.578. The number of nitriles is 1. The summed E-state index contributed by atoms with van der Waals surface area (Å²) in [7, 11) is 0. The molecule has 1 amide bonds. The highest BCUT2D eigenvalue weighted by Crippen LogP contribution is 2.11. The SMILES string of the molecule is N#Cc1ccc(CCCNC(=O)OCc2ccccc2)c(F)c1. The molecule has 0 atom stereocenters.